The first-order valence-corrected chi connectivity index (χ1v) is 6.98. The van der Waals surface area contributed by atoms with Crippen molar-refractivity contribution in [1.82, 2.24) is 9.78 Å². The Morgan fingerprint density at radius 1 is 1.28 bits per heavy atom. The molecule has 4 heteroatoms. The lowest BCUT2D eigenvalue weighted by Gasteiger charge is -2.06. The van der Waals surface area contributed by atoms with Crippen molar-refractivity contribution in [3.05, 3.63) is 40.0 Å². The Morgan fingerprint density at radius 3 is 2.50 bits per heavy atom. The van der Waals surface area contributed by atoms with Crippen molar-refractivity contribution in [1.29, 1.82) is 0 Å². The summed E-state index contributed by atoms with van der Waals surface area (Å²) in [7, 11) is 0. The van der Waals surface area contributed by atoms with Crippen LogP contribution in [0.5, 0.6) is 0 Å². The first-order chi connectivity index (χ1) is 8.70. The molecular formula is C14H14Cl2N2. The molecule has 2 nitrogen and oxygen atoms in total. The predicted octanol–water partition coefficient (Wildman–Crippen LogP) is 4.75. The van der Waals surface area contributed by atoms with Gasteiger partial charge < -0.3 is 0 Å². The van der Waals surface area contributed by atoms with Crippen LogP contribution in [0.3, 0.4) is 0 Å². The van der Waals surface area contributed by atoms with Gasteiger partial charge in [-0.15, -0.1) is 0 Å². The summed E-state index contributed by atoms with van der Waals surface area (Å²) < 4.78 is 1.96. The number of hydrogen-bond acceptors (Lipinski definition) is 1. The van der Waals surface area contributed by atoms with Crippen LogP contribution in [0.1, 0.15) is 31.2 Å². The third-order valence-corrected chi connectivity index (χ3v) is 3.96. The number of benzene rings is 1. The lowest BCUT2D eigenvalue weighted by Crippen LogP contribution is -1.94. The molecule has 0 amide bonds. The molecule has 1 fully saturated rings. The molecule has 3 rings (SSSR count). The van der Waals surface area contributed by atoms with Gasteiger partial charge in [0.05, 0.1) is 15.7 Å². The van der Waals surface area contributed by atoms with Crippen molar-refractivity contribution in [3.63, 3.8) is 0 Å². The van der Waals surface area contributed by atoms with Crippen molar-refractivity contribution < 1.29 is 0 Å². The van der Waals surface area contributed by atoms with Crippen LogP contribution in [0.2, 0.25) is 10.0 Å². The molecule has 1 aliphatic carbocycles. The van der Waals surface area contributed by atoms with Gasteiger partial charge in [-0.3, -0.25) is 4.68 Å². The molecule has 0 N–H and O–H groups in total. The summed E-state index contributed by atoms with van der Waals surface area (Å²) in [5.74, 6) is 0.632. The summed E-state index contributed by atoms with van der Waals surface area (Å²) in [4.78, 5) is 0. The number of halogens is 2. The Bertz CT molecular complexity index is 565. The zero-order valence-electron chi connectivity index (χ0n) is 10.2. The van der Waals surface area contributed by atoms with E-state index in [2.05, 4.69) is 18.2 Å². The molecule has 1 aromatic heterocycles. The Labute approximate surface area is 117 Å². The smallest absolute Gasteiger partial charge is 0.0987 e. The summed E-state index contributed by atoms with van der Waals surface area (Å²) in [5.41, 5.74) is 3.11. The second-order valence-electron chi connectivity index (χ2n) is 4.66. The van der Waals surface area contributed by atoms with Gasteiger partial charge in [0.25, 0.3) is 0 Å². The van der Waals surface area contributed by atoms with Crippen molar-refractivity contribution in [2.45, 2.75) is 32.2 Å². The van der Waals surface area contributed by atoms with Crippen LogP contribution < -0.4 is 0 Å². The van der Waals surface area contributed by atoms with E-state index in [1.165, 1.54) is 18.4 Å². The maximum atomic E-state index is 6.28. The average molecular weight is 281 g/mol. The summed E-state index contributed by atoms with van der Waals surface area (Å²) in [5, 5.41) is 5.97. The van der Waals surface area contributed by atoms with Gasteiger partial charge in [-0.1, -0.05) is 29.3 Å². The molecule has 1 saturated carbocycles. The topological polar surface area (TPSA) is 17.8 Å². The van der Waals surface area contributed by atoms with E-state index in [9.17, 15) is 0 Å². The molecule has 0 bridgehead atoms. The fourth-order valence-electron chi connectivity index (χ4n) is 2.21. The number of rotatable bonds is 3. The minimum Gasteiger partial charge on any atom is -0.272 e. The van der Waals surface area contributed by atoms with Gasteiger partial charge in [0.15, 0.2) is 0 Å². The molecule has 94 valence electrons. The maximum absolute atomic E-state index is 6.28. The van der Waals surface area contributed by atoms with Crippen molar-refractivity contribution in [3.8, 4) is 11.3 Å². The minimum atomic E-state index is 0.632. The third-order valence-electron chi connectivity index (χ3n) is 3.33. The van der Waals surface area contributed by atoms with E-state index in [0.717, 1.165) is 17.8 Å². The second kappa shape index (κ2) is 4.60. The van der Waals surface area contributed by atoms with Crippen LogP contribution in [0.25, 0.3) is 11.3 Å². The molecule has 1 heterocycles. The molecule has 0 spiro atoms. The number of aromatic nitrogens is 2. The number of nitrogens with zero attached hydrogens (tertiary/aromatic N) is 2. The van der Waals surface area contributed by atoms with E-state index in [1.54, 1.807) is 0 Å². The number of hydrogen-bond donors (Lipinski definition) is 0. The fourth-order valence-corrected chi connectivity index (χ4v) is 2.79. The normalized spacial score (nSPS) is 15.1. The van der Waals surface area contributed by atoms with E-state index < -0.39 is 0 Å². The van der Waals surface area contributed by atoms with Crippen LogP contribution in [0.4, 0.5) is 0 Å². The highest BCUT2D eigenvalue weighted by Crippen LogP contribution is 2.46. The number of aryl methyl sites for hydroxylation is 1. The monoisotopic (exact) mass is 280 g/mol. The van der Waals surface area contributed by atoms with Gasteiger partial charge in [0.2, 0.25) is 0 Å². The van der Waals surface area contributed by atoms with Crippen molar-refractivity contribution in [2.24, 2.45) is 0 Å². The fraction of sp³-hybridized carbons (Fsp3) is 0.357. The average Bonchev–Trinajstić information content (AvgIpc) is 3.10. The molecule has 0 radical (unpaired) electrons. The molecule has 0 aliphatic heterocycles. The predicted molar refractivity (Wildman–Crippen MR) is 75.3 cm³/mol. The zero-order chi connectivity index (χ0) is 12.7. The molecule has 1 aliphatic rings. The first-order valence-electron chi connectivity index (χ1n) is 6.22. The van der Waals surface area contributed by atoms with E-state index >= 15 is 0 Å². The van der Waals surface area contributed by atoms with Crippen LogP contribution in [-0.2, 0) is 6.54 Å². The molecule has 0 atom stereocenters. The first kappa shape index (κ1) is 12.1. The van der Waals surface area contributed by atoms with Crippen LogP contribution in [0.15, 0.2) is 24.4 Å². The molecule has 2 aromatic rings. The van der Waals surface area contributed by atoms with Crippen LogP contribution >= 0.6 is 23.2 Å². The van der Waals surface area contributed by atoms with Crippen LogP contribution in [0, 0.1) is 0 Å². The maximum Gasteiger partial charge on any atom is 0.0987 e. The van der Waals surface area contributed by atoms with Crippen molar-refractivity contribution >= 4 is 23.2 Å². The van der Waals surface area contributed by atoms with Gasteiger partial charge >= 0.3 is 0 Å². The molecule has 18 heavy (non-hydrogen) atoms. The lowest BCUT2D eigenvalue weighted by molar-refractivity contribution is 0.661. The van der Waals surface area contributed by atoms with Gasteiger partial charge in [0, 0.05) is 23.9 Å². The Morgan fingerprint density at radius 2 is 1.94 bits per heavy atom. The highest BCUT2D eigenvalue weighted by molar-refractivity contribution is 6.39. The van der Waals surface area contributed by atoms with E-state index in [-0.39, 0.29) is 0 Å². The van der Waals surface area contributed by atoms with Gasteiger partial charge in [-0.2, -0.15) is 5.10 Å². The zero-order valence-corrected chi connectivity index (χ0v) is 11.7. The Kier molecular flexibility index (Phi) is 3.08. The quantitative estimate of drug-likeness (QED) is 0.793. The third kappa shape index (κ3) is 2.04. The van der Waals surface area contributed by atoms with Crippen molar-refractivity contribution in [2.75, 3.05) is 0 Å². The highest BCUT2D eigenvalue weighted by atomic mass is 35.5. The van der Waals surface area contributed by atoms with Gasteiger partial charge in [-0.25, -0.2) is 0 Å². The minimum absolute atomic E-state index is 0.632. The molecule has 1 aromatic carbocycles. The lowest BCUT2D eigenvalue weighted by atomic mass is 10.1. The van der Waals surface area contributed by atoms with Gasteiger partial charge in [-0.05, 0) is 37.8 Å². The largest absolute Gasteiger partial charge is 0.272 e. The summed E-state index contributed by atoms with van der Waals surface area (Å²) in [6.07, 6.45) is 4.61. The van der Waals surface area contributed by atoms with E-state index in [4.69, 9.17) is 23.2 Å². The second-order valence-corrected chi connectivity index (χ2v) is 5.47. The van der Waals surface area contributed by atoms with E-state index in [1.807, 2.05) is 22.9 Å². The summed E-state index contributed by atoms with van der Waals surface area (Å²) in [6, 6.07) is 5.59. The van der Waals surface area contributed by atoms with Gasteiger partial charge in [0.1, 0.15) is 0 Å². The Hall–Kier alpha value is -0.990. The molecule has 0 unspecified atom stereocenters. The molecular weight excluding hydrogens is 267 g/mol. The van der Waals surface area contributed by atoms with E-state index in [0.29, 0.717) is 16.0 Å². The highest BCUT2D eigenvalue weighted by Gasteiger charge is 2.30. The summed E-state index contributed by atoms with van der Waals surface area (Å²) in [6.45, 7) is 2.95. The SMILES string of the molecule is CCn1cc(C2CC2)c(-c2c(Cl)cccc2Cl)n1. The standard InChI is InChI=1S/C14H14Cl2N2/c1-2-18-8-10(9-6-7-9)14(17-18)13-11(15)4-3-5-12(13)16/h3-5,8-9H,2,6-7H2,1H3. The Balaban J connectivity index is 2.18. The summed E-state index contributed by atoms with van der Waals surface area (Å²) >= 11 is 12.6. The van der Waals surface area contributed by atoms with Crippen LogP contribution in [-0.4, -0.2) is 9.78 Å². The molecule has 0 saturated heterocycles.